The average Bonchev–Trinajstić information content (AvgIpc) is 2.68. The van der Waals surface area contributed by atoms with Gasteiger partial charge in [0, 0.05) is 44.4 Å². The van der Waals surface area contributed by atoms with Crippen molar-refractivity contribution in [1.29, 1.82) is 0 Å². The monoisotopic (exact) mass is 363 g/mol. The number of anilines is 1. The Morgan fingerprint density at radius 2 is 2.12 bits per heavy atom. The summed E-state index contributed by atoms with van der Waals surface area (Å²) in [6.45, 7) is 5.98. The van der Waals surface area contributed by atoms with E-state index in [0.29, 0.717) is 50.7 Å². The van der Waals surface area contributed by atoms with Gasteiger partial charge < -0.3 is 19.3 Å². The van der Waals surface area contributed by atoms with Crippen molar-refractivity contribution in [3.05, 3.63) is 33.9 Å². The number of amides is 1. The van der Waals surface area contributed by atoms with Crippen LogP contribution in [0.25, 0.3) is 0 Å². The zero-order valence-electron chi connectivity index (χ0n) is 15.1. The van der Waals surface area contributed by atoms with Gasteiger partial charge in [-0.2, -0.15) is 0 Å². The standard InChI is InChI=1S/C18H25N3O5/c1-2-26-15-4-3-7-20(13-15)16-6-5-14(12-17(16)21(23)24)18(22)19-8-10-25-11-9-19/h5-6,12,15H,2-4,7-11,13H2,1H3. The molecule has 2 aliphatic rings. The maximum absolute atomic E-state index is 12.6. The van der Waals surface area contributed by atoms with Crippen molar-refractivity contribution < 1.29 is 19.2 Å². The minimum absolute atomic E-state index is 0.0266. The SMILES string of the molecule is CCOC1CCCN(c2ccc(C(=O)N3CCOCC3)cc2[N+](=O)[O-])C1. The number of morpholine rings is 1. The number of hydrogen-bond donors (Lipinski definition) is 0. The van der Waals surface area contributed by atoms with Crippen LogP contribution in [-0.4, -0.2) is 67.8 Å². The molecule has 2 fully saturated rings. The van der Waals surface area contributed by atoms with Crippen LogP contribution in [0.1, 0.15) is 30.1 Å². The van der Waals surface area contributed by atoms with Crippen LogP contribution in [0.3, 0.4) is 0 Å². The number of nitro groups is 1. The second-order valence-corrected chi connectivity index (χ2v) is 6.53. The largest absolute Gasteiger partial charge is 0.378 e. The molecule has 1 atom stereocenters. The van der Waals surface area contributed by atoms with E-state index in [4.69, 9.17) is 9.47 Å². The Labute approximate surface area is 152 Å². The third kappa shape index (κ3) is 4.13. The van der Waals surface area contributed by atoms with E-state index < -0.39 is 4.92 Å². The van der Waals surface area contributed by atoms with Crippen LogP contribution < -0.4 is 4.90 Å². The summed E-state index contributed by atoms with van der Waals surface area (Å²) in [7, 11) is 0. The fourth-order valence-electron chi connectivity index (χ4n) is 3.55. The lowest BCUT2D eigenvalue weighted by Crippen LogP contribution is -2.41. The normalized spacial score (nSPS) is 20.9. The molecule has 3 rings (SSSR count). The van der Waals surface area contributed by atoms with Gasteiger partial charge in [-0.05, 0) is 31.9 Å². The van der Waals surface area contributed by atoms with Gasteiger partial charge >= 0.3 is 0 Å². The van der Waals surface area contributed by atoms with Crippen LogP contribution in [-0.2, 0) is 9.47 Å². The molecule has 0 aliphatic carbocycles. The summed E-state index contributed by atoms with van der Waals surface area (Å²) in [4.78, 5) is 27.5. The number of nitrogens with zero attached hydrogens (tertiary/aromatic N) is 3. The molecule has 8 heteroatoms. The van der Waals surface area contributed by atoms with Crippen LogP contribution in [0.4, 0.5) is 11.4 Å². The number of carbonyl (C=O) groups is 1. The first kappa shape index (κ1) is 18.6. The summed E-state index contributed by atoms with van der Waals surface area (Å²) in [5.74, 6) is -0.186. The zero-order chi connectivity index (χ0) is 18.5. The fraction of sp³-hybridized carbons (Fsp3) is 0.611. The van der Waals surface area contributed by atoms with E-state index in [1.165, 1.54) is 6.07 Å². The predicted octanol–water partition coefficient (Wildman–Crippen LogP) is 2.07. The van der Waals surface area contributed by atoms with Crippen LogP contribution >= 0.6 is 0 Å². The molecule has 0 N–H and O–H groups in total. The number of nitro benzene ring substituents is 1. The molecule has 26 heavy (non-hydrogen) atoms. The Hall–Kier alpha value is -2.19. The van der Waals surface area contributed by atoms with Gasteiger partial charge in [0.15, 0.2) is 0 Å². The number of piperidine rings is 1. The molecule has 2 aliphatic heterocycles. The van der Waals surface area contributed by atoms with E-state index >= 15 is 0 Å². The molecule has 8 nitrogen and oxygen atoms in total. The molecule has 2 saturated heterocycles. The molecule has 0 aromatic heterocycles. The number of hydrogen-bond acceptors (Lipinski definition) is 6. The quantitative estimate of drug-likeness (QED) is 0.588. The van der Waals surface area contributed by atoms with E-state index in [1.807, 2.05) is 11.8 Å². The maximum Gasteiger partial charge on any atom is 0.293 e. The molecule has 1 unspecified atom stereocenters. The summed E-state index contributed by atoms with van der Waals surface area (Å²) in [6, 6.07) is 4.78. The lowest BCUT2D eigenvalue weighted by atomic mass is 10.1. The van der Waals surface area contributed by atoms with E-state index in [2.05, 4.69) is 0 Å². The first-order valence-corrected chi connectivity index (χ1v) is 9.12. The van der Waals surface area contributed by atoms with Crippen molar-refractivity contribution in [2.24, 2.45) is 0 Å². The van der Waals surface area contributed by atoms with Crippen molar-refractivity contribution in [3.8, 4) is 0 Å². The predicted molar refractivity (Wildman–Crippen MR) is 96.7 cm³/mol. The molecule has 0 saturated carbocycles. The lowest BCUT2D eigenvalue weighted by Gasteiger charge is -2.34. The van der Waals surface area contributed by atoms with E-state index in [1.54, 1.807) is 17.0 Å². The Morgan fingerprint density at radius 1 is 1.35 bits per heavy atom. The Bertz CT molecular complexity index is 658. The molecule has 142 valence electrons. The van der Waals surface area contributed by atoms with Gasteiger partial charge in [0.05, 0.1) is 24.2 Å². The molecule has 0 bridgehead atoms. The summed E-state index contributed by atoms with van der Waals surface area (Å²) in [6.07, 6.45) is 1.98. The second-order valence-electron chi connectivity index (χ2n) is 6.53. The topological polar surface area (TPSA) is 85.2 Å². The molecule has 0 radical (unpaired) electrons. The van der Waals surface area contributed by atoms with Crippen LogP contribution in [0.2, 0.25) is 0 Å². The lowest BCUT2D eigenvalue weighted by molar-refractivity contribution is -0.384. The summed E-state index contributed by atoms with van der Waals surface area (Å²) >= 11 is 0. The van der Waals surface area contributed by atoms with Gasteiger partial charge in [0.1, 0.15) is 5.69 Å². The maximum atomic E-state index is 12.6. The van der Waals surface area contributed by atoms with E-state index in [9.17, 15) is 14.9 Å². The number of ether oxygens (including phenoxy) is 2. The molecular weight excluding hydrogens is 338 g/mol. The highest BCUT2D eigenvalue weighted by Gasteiger charge is 2.28. The van der Waals surface area contributed by atoms with Crippen LogP contribution in [0.5, 0.6) is 0 Å². The number of carbonyl (C=O) groups excluding carboxylic acids is 1. The highest BCUT2D eigenvalue weighted by molar-refractivity contribution is 5.96. The van der Waals surface area contributed by atoms with Gasteiger partial charge in [0.2, 0.25) is 0 Å². The highest BCUT2D eigenvalue weighted by atomic mass is 16.6. The van der Waals surface area contributed by atoms with E-state index in [-0.39, 0.29) is 17.7 Å². The summed E-state index contributed by atoms with van der Waals surface area (Å²) in [5.41, 5.74) is 0.875. The first-order chi connectivity index (χ1) is 12.6. The van der Waals surface area contributed by atoms with Gasteiger partial charge in [-0.15, -0.1) is 0 Å². The van der Waals surface area contributed by atoms with Crippen LogP contribution in [0.15, 0.2) is 18.2 Å². The molecule has 1 aromatic carbocycles. The molecule has 1 aromatic rings. The van der Waals surface area contributed by atoms with Crippen molar-refractivity contribution in [2.45, 2.75) is 25.9 Å². The number of benzene rings is 1. The number of rotatable bonds is 5. The van der Waals surface area contributed by atoms with Crippen LogP contribution in [0, 0.1) is 10.1 Å². The molecule has 0 spiro atoms. The van der Waals surface area contributed by atoms with Gasteiger partial charge in [0.25, 0.3) is 11.6 Å². The third-order valence-corrected chi connectivity index (χ3v) is 4.84. The zero-order valence-corrected chi connectivity index (χ0v) is 15.1. The summed E-state index contributed by atoms with van der Waals surface area (Å²) in [5, 5.41) is 11.6. The molecular formula is C18H25N3O5. The minimum Gasteiger partial charge on any atom is -0.378 e. The minimum atomic E-state index is -0.407. The molecule has 2 heterocycles. The van der Waals surface area contributed by atoms with Gasteiger partial charge in [-0.3, -0.25) is 14.9 Å². The Morgan fingerprint density at radius 3 is 2.81 bits per heavy atom. The smallest absolute Gasteiger partial charge is 0.293 e. The molecule has 1 amide bonds. The first-order valence-electron chi connectivity index (χ1n) is 9.12. The highest BCUT2D eigenvalue weighted by Crippen LogP contribution is 2.32. The van der Waals surface area contributed by atoms with Crippen molar-refractivity contribution >= 4 is 17.3 Å². The van der Waals surface area contributed by atoms with Gasteiger partial charge in [-0.25, -0.2) is 0 Å². The average molecular weight is 363 g/mol. The second kappa shape index (κ2) is 8.46. The summed E-state index contributed by atoms with van der Waals surface area (Å²) < 4.78 is 10.9. The Kier molecular flexibility index (Phi) is 6.05. The Balaban J connectivity index is 1.82. The van der Waals surface area contributed by atoms with Crippen molar-refractivity contribution in [3.63, 3.8) is 0 Å². The van der Waals surface area contributed by atoms with E-state index in [0.717, 1.165) is 19.4 Å². The van der Waals surface area contributed by atoms with Gasteiger partial charge in [-0.1, -0.05) is 0 Å². The fourth-order valence-corrected chi connectivity index (χ4v) is 3.55. The third-order valence-electron chi connectivity index (χ3n) is 4.84. The van der Waals surface area contributed by atoms with Crippen molar-refractivity contribution in [2.75, 3.05) is 50.9 Å². The van der Waals surface area contributed by atoms with Crippen molar-refractivity contribution in [1.82, 2.24) is 4.90 Å².